The van der Waals surface area contributed by atoms with Gasteiger partial charge in [0.1, 0.15) is 24.7 Å². The van der Waals surface area contributed by atoms with Gasteiger partial charge in [-0.1, -0.05) is 19.6 Å². The van der Waals surface area contributed by atoms with Crippen LogP contribution in [0.15, 0.2) is 36.8 Å². The molecule has 1 aliphatic rings. The number of pyridine rings is 1. The number of likely N-dealkylation sites (N-methyl/N-ethyl adjacent to an activating group) is 1. The molecule has 0 saturated heterocycles. The van der Waals surface area contributed by atoms with Gasteiger partial charge in [-0.15, -0.1) is 0 Å². The molecule has 3 aromatic heterocycles. The molecule has 5 rings (SSSR count). The number of aromatic nitrogens is 4. The maximum absolute atomic E-state index is 6.21. The van der Waals surface area contributed by atoms with Crippen LogP contribution in [0.1, 0.15) is 22.3 Å². The van der Waals surface area contributed by atoms with Crippen LogP contribution in [0.2, 0.25) is 25.7 Å². The molecule has 0 spiro atoms. The van der Waals surface area contributed by atoms with Gasteiger partial charge >= 0.3 is 0 Å². The van der Waals surface area contributed by atoms with Gasteiger partial charge in [-0.25, -0.2) is 15.0 Å². The highest BCUT2D eigenvalue weighted by atomic mass is 28.3. The number of benzene rings is 1. The molecule has 0 radical (unpaired) electrons. The van der Waals surface area contributed by atoms with Crippen molar-refractivity contribution < 1.29 is 14.2 Å². The van der Waals surface area contributed by atoms with Gasteiger partial charge in [0.05, 0.1) is 25.2 Å². The summed E-state index contributed by atoms with van der Waals surface area (Å²) < 4.78 is 19.8. The lowest BCUT2D eigenvalue weighted by Crippen LogP contribution is -2.27. The van der Waals surface area contributed by atoms with E-state index in [0.717, 1.165) is 60.0 Å². The zero-order valence-corrected chi connectivity index (χ0v) is 25.5. The smallest absolute Gasteiger partial charge is 0.258 e. The van der Waals surface area contributed by atoms with E-state index >= 15 is 0 Å². The Morgan fingerprint density at radius 1 is 1.12 bits per heavy atom. The fourth-order valence-corrected chi connectivity index (χ4v) is 5.88. The van der Waals surface area contributed by atoms with Crippen molar-refractivity contribution >= 4 is 24.9 Å². The number of aryl methyl sites for hydroxylation is 1. The molecule has 0 atom stereocenters. The third-order valence-corrected chi connectivity index (χ3v) is 9.18. The lowest BCUT2D eigenvalue weighted by molar-refractivity contribution is 0.0899. The van der Waals surface area contributed by atoms with Crippen LogP contribution < -0.4 is 15.2 Å². The molecule has 2 N–H and O–H groups in total. The number of anilines is 1. The molecule has 1 aliphatic heterocycles. The van der Waals surface area contributed by atoms with Gasteiger partial charge in [0, 0.05) is 50.5 Å². The van der Waals surface area contributed by atoms with Crippen molar-refractivity contribution in [3.63, 3.8) is 0 Å². The average Bonchev–Trinajstić information content (AvgIpc) is 3.32. The molecule has 0 fully saturated rings. The van der Waals surface area contributed by atoms with Crippen LogP contribution in [0.5, 0.6) is 11.6 Å². The number of hydrogen-bond donors (Lipinski definition) is 1. The summed E-state index contributed by atoms with van der Waals surface area (Å²) in [7, 11) is 2.64. The quantitative estimate of drug-likeness (QED) is 0.207. The first-order valence-corrected chi connectivity index (χ1v) is 17.5. The molecule has 4 aromatic rings. The van der Waals surface area contributed by atoms with Crippen molar-refractivity contribution in [2.75, 3.05) is 33.0 Å². The number of nitrogen functional groups attached to an aromatic ring is 1. The van der Waals surface area contributed by atoms with Crippen LogP contribution >= 0.6 is 0 Å². The monoisotopic (exact) mass is 560 g/mol. The normalized spacial score (nSPS) is 13.9. The molecule has 40 heavy (non-hydrogen) atoms. The summed E-state index contributed by atoms with van der Waals surface area (Å²) in [6.45, 7) is 12.6. The van der Waals surface area contributed by atoms with E-state index in [0.29, 0.717) is 18.4 Å². The topological polar surface area (TPSA) is 101 Å². The Hall–Kier alpha value is -3.47. The molecule has 4 heterocycles. The summed E-state index contributed by atoms with van der Waals surface area (Å²) >= 11 is 0. The van der Waals surface area contributed by atoms with E-state index in [1.807, 2.05) is 16.8 Å². The van der Waals surface area contributed by atoms with Gasteiger partial charge in [0.25, 0.3) is 5.88 Å². The summed E-state index contributed by atoms with van der Waals surface area (Å²) in [4.78, 5) is 16.2. The third kappa shape index (κ3) is 6.14. The first kappa shape index (κ1) is 28.1. The Morgan fingerprint density at radius 2 is 1.95 bits per heavy atom. The molecule has 0 unspecified atom stereocenters. The lowest BCUT2D eigenvalue weighted by Gasteiger charge is -2.27. The molecule has 1 aromatic carbocycles. The highest BCUT2D eigenvalue weighted by Gasteiger charge is 2.19. The summed E-state index contributed by atoms with van der Waals surface area (Å²) in [6.07, 6.45) is 6.48. The van der Waals surface area contributed by atoms with Crippen molar-refractivity contribution in [2.24, 2.45) is 0 Å². The van der Waals surface area contributed by atoms with Gasteiger partial charge < -0.3 is 29.4 Å². The Balaban J connectivity index is 1.37. The Kier molecular flexibility index (Phi) is 8.11. The van der Waals surface area contributed by atoms with Crippen LogP contribution in [0.25, 0.3) is 22.3 Å². The second kappa shape index (κ2) is 11.6. The number of nitrogens with two attached hydrogens (primary N) is 1. The minimum absolute atomic E-state index is 0.207. The van der Waals surface area contributed by atoms with E-state index in [4.69, 9.17) is 24.9 Å². The molecule has 0 saturated carbocycles. The number of methoxy groups -OCH3 is 1. The predicted octanol–water partition coefficient (Wildman–Crippen LogP) is 5.27. The standard InChI is InChI=1S/C30H40N6O3Si/c1-20-13-21(14-22-17-35(2)9-7-23(20)22)26-15-32-28(31)30(34-26)39-18-25-24-8-10-36(19-38-11-12-40(4,5)6)29(24)33-16-27(25)37-3/h8,10,13-16H,7,9,11-12,17-19H2,1-6H3,(H2,31,32). The van der Waals surface area contributed by atoms with Crippen LogP contribution in [0.4, 0.5) is 5.82 Å². The van der Waals surface area contributed by atoms with Gasteiger partial charge in [-0.3, -0.25) is 0 Å². The SMILES string of the molecule is COc1cnc2c(ccn2COCC[Si](C)(C)C)c1COc1nc(-c2cc(C)c3c(c2)CN(C)CC3)cnc1N. The lowest BCUT2D eigenvalue weighted by atomic mass is 9.92. The number of ether oxygens (including phenoxy) is 3. The Morgan fingerprint density at radius 3 is 2.73 bits per heavy atom. The first-order chi connectivity index (χ1) is 19.1. The van der Waals surface area contributed by atoms with Gasteiger partial charge in [0.15, 0.2) is 5.82 Å². The minimum Gasteiger partial charge on any atom is -0.495 e. The molecule has 212 valence electrons. The average molecular weight is 561 g/mol. The minimum atomic E-state index is -1.15. The summed E-state index contributed by atoms with van der Waals surface area (Å²) in [5, 5.41) is 0.935. The number of hydrogen-bond acceptors (Lipinski definition) is 8. The highest BCUT2D eigenvalue weighted by molar-refractivity contribution is 6.76. The van der Waals surface area contributed by atoms with E-state index in [-0.39, 0.29) is 12.4 Å². The molecule has 0 amide bonds. The van der Waals surface area contributed by atoms with Crippen molar-refractivity contribution in [1.29, 1.82) is 0 Å². The molecule has 9 nitrogen and oxygen atoms in total. The second-order valence-electron chi connectivity index (χ2n) is 11.8. The van der Waals surface area contributed by atoms with E-state index in [2.05, 4.69) is 60.6 Å². The van der Waals surface area contributed by atoms with Gasteiger partial charge in [-0.05, 0) is 61.3 Å². The largest absolute Gasteiger partial charge is 0.495 e. The van der Waals surface area contributed by atoms with Crippen molar-refractivity contribution in [3.05, 3.63) is 59.0 Å². The molecule has 0 bridgehead atoms. The van der Waals surface area contributed by atoms with E-state index < -0.39 is 8.07 Å². The van der Waals surface area contributed by atoms with E-state index in [9.17, 15) is 0 Å². The maximum Gasteiger partial charge on any atom is 0.258 e. The van der Waals surface area contributed by atoms with Crippen molar-refractivity contribution in [1.82, 2.24) is 24.4 Å². The summed E-state index contributed by atoms with van der Waals surface area (Å²) in [6, 6.07) is 7.53. The van der Waals surface area contributed by atoms with Gasteiger partial charge in [-0.2, -0.15) is 0 Å². The molecular weight excluding hydrogens is 520 g/mol. The van der Waals surface area contributed by atoms with Crippen LogP contribution in [-0.4, -0.2) is 59.8 Å². The third-order valence-electron chi connectivity index (χ3n) is 7.47. The Labute approximate surface area is 237 Å². The fraction of sp³-hybridized carbons (Fsp3) is 0.433. The molecule has 0 aliphatic carbocycles. The molecule has 10 heteroatoms. The van der Waals surface area contributed by atoms with Crippen LogP contribution in [0.3, 0.4) is 0 Å². The van der Waals surface area contributed by atoms with Crippen LogP contribution in [0, 0.1) is 6.92 Å². The Bertz CT molecular complexity index is 1510. The molecular formula is C30H40N6O3Si. The van der Waals surface area contributed by atoms with Gasteiger partial charge in [0.2, 0.25) is 0 Å². The van der Waals surface area contributed by atoms with Crippen molar-refractivity contribution in [3.8, 4) is 22.9 Å². The number of fused-ring (bicyclic) bond motifs is 2. The summed E-state index contributed by atoms with van der Waals surface area (Å²) in [5.74, 6) is 1.18. The number of rotatable bonds is 10. The maximum atomic E-state index is 6.21. The van der Waals surface area contributed by atoms with E-state index in [1.165, 1.54) is 16.7 Å². The van der Waals surface area contributed by atoms with Crippen LogP contribution in [-0.2, 0) is 31.0 Å². The fourth-order valence-electron chi connectivity index (χ4n) is 5.12. The predicted molar refractivity (Wildman–Crippen MR) is 161 cm³/mol. The van der Waals surface area contributed by atoms with E-state index in [1.54, 1.807) is 19.5 Å². The summed E-state index contributed by atoms with van der Waals surface area (Å²) in [5.41, 5.74) is 13.7. The highest BCUT2D eigenvalue weighted by Crippen LogP contribution is 2.32. The first-order valence-electron chi connectivity index (χ1n) is 13.8. The van der Waals surface area contributed by atoms with Crippen molar-refractivity contribution in [2.45, 2.75) is 58.9 Å². The second-order valence-corrected chi connectivity index (χ2v) is 17.5. The zero-order chi connectivity index (χ0) is 28.4. The number of nitrogens with zero attached hydrogens (tertiary/aromatic N) is 5. The zero-order valence-electron chi connectivity index (χ0n) is 24.5.